The lowest BCUT2D eigenvalue weighted by molar-refractivity contribution is -0.116. The summed E-state index contributed by atoms with van der Waals surface area (Å²) in [6.07, 6.45) is 0. The average molecular weight is 460 g/mol. The molecule has 0 spiro atoms. The van der Waals surface area contributed by atoms with Gasteiger partial charge in [-0.3, -0.25) is 4.79 Å². The topological polar surface area (TPSA) is 101 Å². The highest BCUT2D eigenvalue weighted by Crippen LogP contribution is 2.28. The molecule has 2 aromatic heterocycles. The van der Waals surface area contributed by atoms with Crippen LogP contribution < -0.4 is 4.90 Å². The molecular weight excluding hydrogens is 438 g/mol. The molecule has 0 saturated heterocycles. The van der Waals surface area contributed by atoms with Crippen LogP contribution in [0, 0.1) is 0 Å². The van der Waals surface area contributed by atoms with Gasteiger partial charge in [0, 0.05) is 26.3 Å². The molecule has 4 rings (SSSR count). The summed E-state index contributed by atoms with van der Waals surface area (Å²) in [5.41, 5.74) is 1.83. The highest BCUT2D eigenvalue weighted by molar-refractivity contribution is 7.99. The van der Waals surface area contributed by atoms with E-state index in [0.717, 1.165) is 9.99 Å². The molecule has 1 amide bonds. The van der Waals surface area contributed by atoms with Crippen LogP contribution in [0.5, 0.6) is 0 Å². The highest BCUT2D eigenvalue weighted by Gasteiger charge is 2.22. The van der Waals surface area contributed by atoms with Crippen LogP contribution in [0.3, 0.4) is 0 Å². The molecule has 0 atom stereocenters. The van der Waals surface area contributed by atoms with Gasteiger partial charge in [0.1, 0.15) is 0 Å². The monoisotopic (exact) mass is 459 g/mol. The van der Waals surface area contributed by atoms with E-state index in [2.05, 4.69) is 10.2 Å². The van der Waals surface area contributed by atoms with Crippen LogP contribution in [0.4, 0.5) is 5.69 Å². The normalized spacial score (nSPS) is 12.1. The van der Waals surface area contributed by atoms with Crippen molar-refractivity contribution in [2.24, 2.45) is 0 Å². The number of rotatable bonds is 7. The molecule has 0 saturated carbocycles. The third-order valence-electron chi connectivity index (χ3n) is 4.76. The van der Waals surface area contributed by atoms with Crippen molar-refractivity contribution < 1.29 is 17.6 Å². The number of benzene rings is 2. The van der Waals surface area contributed by atoms with Gasteiger partial charge < -0.3 is 9.32 Å². The molecular formula is C20H21N5O4S2. The lowest BCUT2D eigenvalue weighted by Gasteiger charge is -2.20. The Morgan fingerprint density at radius 1 is 1.13 bits per heavy atom. The van der Waals surface area contributed by atoms with Gasteiger partial charge in [-0.2, -0.15) is 0 Å². The van der Waals surface area contributed by atoms with Gasteiger partial charge in [0.05, 0.1) is 16.2 Å². The van der Waals surface area contributed by atoms with E-state index in [-0.39, 0.29) is 22.4 Å². The molecule has 162 valence electrons. The van der Waals surface area contributed by atoms with Crippen molar-refractivity contribution in [3.8, 4) is 0 Å². The molecule has 11 heteroatoms. The zero-order chi connectivity index (χ0) is 22.2. The zero-order valence-corrected chi connectivity index (χ0v) is 18.9. The lowest BCUT2D eigenvalue weighted by atomic mass is 10.3. The fourth-order valence-electron chi connectivity index (χ4n) is 3.17. The number of amides is 1. The van der Waals surface area contributed by atoms with Gasteiger partial charge in [0.15, 0.2) is 10.7 Å². The van der Waals surface area contributed by atoms with Gasteiger partial charge in [0.25, 0.3) is 0 Å². The van der Waals surface area contributed by atoms with E-state index in [0.29, 0.717) is 22.8 Å². The first-order valence-corrected chi connectivity index (χ1v) is 11.9. The number of thioether (sulfide) groups is 1. The minimum atomic E-state index is -3.61. The molecule has 0 unspecified atom stereocenters. The summed E-state index contributed by atoms with van der Waals surface area (Å²) in [5, 5.41) is 8.59. The quantitative estimate of drug-likeness (QED) is 0.392. The number of para-hydroxylation sites is 1. The molecule has 0 radical (unpaired) electrons. The highest BCUT2D eigenvalue weighted by atomic mass is 32.2. The van der Waals surface area contributed by atoms with Crippen molar-refractivity contribution in [2.75, 3.05) is 31.3 Å². The van der Waals surface area contributed by atoms with Crippen molar-refractivity contribution in [1.82, 2.24) is 18.9 Å². The molecule has 0 fully saturated rings. The number of fused-ring (bicyclic) bond motifs is 3. The van der Waals surface area contributed by atoms with Crippen LogP contribution in [-0.2, 0) is 14.8 Å². The SMILES string of the molecule is CCN(C(=O)CSc1nnc2oc3ccc(S(=O)(=O)N(C)C)cc3n12)c1ccccc1. The maximum atomic E-state index is 12.8. The first-order chi connectivity index (χ1) is 14.8. The van der Waals surface area contributed by atoms with Crippen LogP contribution >= 0.6 is 11.8 Å². The molecule has 0 aliphatic carbocycles. The van der Waals surface area contributed by atoms with Crippen LogP contribution in [0.2, 0.25) is 0 Å². The molecule has 2 aromatic carbocycles. The van der Waals surface area contributed by atoms with Gasteiger partial charge >= 0.3 is 5.84 Å². The number of sulfonamides is 1. The van der Waals surface area contributed by atoms with E-state index in [1.807, 2.05) is 37.3 Å². The smallest absolute Gasteiger partial charge is 0.328 e. The van der Waals surface area contributed by atoms with E-state index >= 15 is 0 Å². The second-order valence-electron chi connectivity index (χ2n) is 6.88. The van der Waals surface area contributed by atoms with Crippen molar-refractivity contribution in [1.29, 1.82) is 0 Å². The molecule has 0 aliphatic rings. The van der Waals surface area contributed by atoms with Crippen molar-refractivity contribution >= 4 is 50.3 Å². The Morgan fingerprint density at radius 3 is 2.55 bits per heavy atom. The summed E-state index contributed by atoms with van der Waals surface area (Å²) in [6.45, 7) is 2.46. The third kappa shape index (κ3) is 3.91. The lowest BCUT2D eigenvalue weighted by Crippen LogP contribution is -2.32. The van der Waals surface area contributed by atoms with Gasteiger partial charge in [-0.1, -0.05) is 35.1 Å². The first kappa shape index (κ1) is 21.3. The van der Waals surface area contributed by atoms with Crippen molar-refractivity contribution in [2.45, 2.75) is 17.0 Å². The number of oxazole rings is 1. The van der Waals surface area contributed by atoms with Crippen LogP contribution in [0.1, 0.15) is 6.92 Å². The maximum Gasteiger partial charge on any atom is 0.328 e. The summed E-state index contributed by atoms with van der Waals surface area (Å²) in [5.74, 6) is 0.310. The minimum absolute atomic E-state index is 0.0703. The molecule has 9 nitrogen and oxygen atoms in total. The largest absolute Gasteiger partial charge is 0.422 e. The number of carbonyl (C=O) groups excluding carboxylic acids is 1. The van der Waals surface area contributed by atoms with E-state index < -0.39 is 10.0 Å². The van der Waals surface area contributed by atoms with Gasteiger partial charge in [0.2, 0.25) is 15.9 Å². The zero-order valence-electron chi connectivity index (χ0n) is 17.2. The number of hydrogen-bond donors (Lipinski definition) is 0. The molecule has 0 aliphatic heterocycles. The van der Waals surface area contributed by atoms with Gasteiger partial charge in [-0.25, -0.2) is 17.1 Å². The summed E-state index contributed by atoms with van der Waals surface area (Å²) < 4.78 is 33.5. The van der Waals surface area contributed by atoms with Gasteiger partial charge in [-0.15, -0.1) is 5.10 Å². The Hall–Kier alpha value is -2.89. The number of carbonyl (C=O) groups is 1. The summed E-state index contributed by atoms with van der Waals surface area (Å²) in [6, 6.07) is 14.1. The van der Waals surface area contributed by atoms with Gasteiger partial charge in [-0.05, 0) is 37.3 Å². The van der Waals surface area contributed by atoms with E-state index in [1.165, 1.54) is 38.0 Å². The number of hydrogen-bond acceptors (Lipinski definition) is 7. The van der Waals surface area contributed by atoms with Crippen LogP contribution in [-0.4, -0.2) is 59.6 Å². The number of aromatic nitrogens is 3. The Labute approximate surface area is 183 Å². The third-order valence-corrected chi connectivity index (χ3v) is 7.49. The molecule has 4 aromatic rings. The first-order valence-electron chi connectivity index (χ1n) is 9.51. The fourth-order valence-corrected chi connectivity index (χ4v) is 4.90. The molecule has 2 heterocycles. The van der Waals surface area contributed by atoms with E-state index in [1.54, 1.807) is 15.4 Å². The Kier molecular flexibility index (Phi) is 5.73. The fraction of sp³-hybridized carbons (Fsp3) is 0.250. The van der Waals surface area contributed by atoms with E-state index in [9.17, 15) is 13.2 Å². The van der Waals surface area contributed by atoms with Crippen LogP contribution in [0.15, 0.2) is 63.0 Å². The molecule has 0 N–H and O–H groups in total. The Balaban J connectivity index is 1.64. The summed E-state index contributed by atoms with van der Waals surface area (Å²) in [4.78, 5) is 14.6. The standard InChI is InChI=1S/C20H21N5O4S2/c1-4-24(14-8-6-5-7-9-14)18(26)13-30-20-22-21-19-25(20)16-12-15(10-11-17(16)29-19)31(27,28)23(2)3/h5-12H,4,13H2,1-3H3. The summed E-state index contributed by atoms with van der Waals surface area (Å²) >= 11 is 1.22. The summed E-state index contributed by atoms with van der Waals surface area (Å²) in [7, 11) is -0.663. The average Bonchev–Trinajstić information content (AvgIpc) is 3.32. The molecule has 0 bridgehead atoms. The van der Waals surface area contributed by atoms with Crippen LogP contribution in [0.25, 0.3) is 16.9 Å². The van der Waals surface area contributed by atoms with E-state index in [4.69, 9.17) is 4.42 Å². The molecule has 31 heavy (non-hydrogen) atoms. The number of nitrogens with zero attached hydrogens (tertiary/aromatic N) is 5. The second-order valence-corrected chi connectivity index (χ2v) is 9.98. The second kappa shape index (κ2) is 8.33. The minimum Gasteiger partial charge on any atom is -0.422 e. The van der Waals surface area contributed by atoms with Crippen molar-refractivity contribution in [3.05, 3.63) is 48.5 Å². The maximum absolute atomic E-state index is 12.8. The Morgan fingerprint density at radius 2 is 1.87 bits per heavy atom. The predicted molar refractivity (Wildman–Crippen MR) is 119 cm³/mol. The van der Waals surface area contributed by atoms with Crippen molar-refractivity contribution in [3.63, 3.8) is 0 Å². The Bertz CT molecular complexity index is 1350. The predicted octanol–water partition coefficient (Wildman–Crippen LogP) is 2.87. The number of anilines is 1.